The van der Waals surface area contributed by atoms with Crippen molar-refractivity contribution in [3.63, 3.8) is 0 Å². The average molecular weight is 341 g/mol. The Morgan fingerprint density at radius 2 is 2.08 bits per heavy atom. The van der Waals surface area contributed by atoms with Crippen LogP contribution in [0.5, 0.6) is 5.75 Å². The summed E-state index contributed by atoms with van der Waals surface area (Å²) in [4.78, 5) is 19.2. The van der Waals surface area contributed by atoms with Crippen molar-refractivity contribution in [2.75, 3.05) is 19.7 Å². The summed E-state index contributed by atoms with van der Waals surface area (Å²) < 4.78 is 7.64. The number of benzene rings is 1. The van der Waals surface area contributed by atoms with E-state index >= 15 is 0 Å². The standard InChI is InChI=1S/C20H27N3O2/c1-3-22-13-11-21-20(22)17-6-5-12-23(15-17)19(24)14-16-7-9-18(10-8-16)25-4-2/h7-11,13,17H,3-6,12,14-15H2,1-2H3/t17-/m0/s1. The van der Waals surface area contributed by atoms with Gasteiger partial charge in [0.15, 0.2) is 0 Å². The molecule has 0 radical (unpaired) electrons. The number of hydrogen-bond donors (Lipinski definition) is 0. The number of hydrogen-bond acceptors (Lipinski definition) is 3. The fourth-order valence-corrected chi connectivity index (χ4v) is 3.52. The molecule has 25 heavy (non-hydrogen) atoms. The molecule has 1 saturated heterocycles. The third kappa shape index (κ3) is 4.21. The number of likely N-dealkylation sites (tertiary alicyclic amines) is 1. The van der Waals surface area contributed by atoms with Crippen LogP contribution in [-0.2, 0) is 17.8 Å². The van der Waals surface area contributed by atoms with Gasteiger partial charge in [-0.05, 0) is 44.4 Å². The van der Waals surface area contributed by atoms with Crippen LogP contribution in [0.25, 0.3) is 0 Å². The monoisotopic (exact) mass is 341 g/mol. The summed E-state index contributed by atoms with van der Waals surface area (Å²) in [5, 5.41) is 0. The van der Waals surface area contributed by atoms with Gasteiger partial charge in [-0.2, -0.15) is 0 Å². The minimum atomic E-state index is 0.198. The zero-order valence-corrected chi connectivity index (χ0v) is 15.1. The Balaban J connectivity index is 1.62. The third-order valence-corrected chi connectivity index (χ3v) is 4.82. The highest BCUT2D eigenvalue weighted by molar-refractivity contribution is 5.79. The van der Waals surface area contributed by atoms with E-state index in [9.17, 15) is 4.79 Å². The first-order valence-corrected chi connectivity index (χ1v) is 9.21. The number of aryl methyl sites for hydroxylation is 1. The number of carbonyl (C=O) groups is 1. The molecule has 0 bridgehead atoms. The van der Waals surface area contributed by atoms with Crippen molar-refractivity contribution < 1.29 is 9.53 Å². The van der Waals surface area contributed by atoms with E-state index in [1.807, 2.05) is 48.5 Å². The average Bonchev–Trinajstić information content (AvgIpc) is 3.12. The van der Waals surface area contributed by atoms with E-state index < -0.39 is 0 Å². The van der Waals surface area contributed by atoms with E-state index in [1.54, 1.807) is 0 Å². The minimum Gasteiger partial charge on any atom is -0.494 e. The molecule has 1 aromatic carbocycles. The predicted molar refractivity (Wildman–Crippen MR) is 97.8 cm³/mol. The van der Waals surface area contributed by atoms with Crippen LogP contribution in [0.2, 0.25) is 0 Å². The lowest BCUT2D eigenvalue weighted by Crippen LogP contribution is -2.40. The molecule has 0 saturated carbocycles. The maximum absolute atomic E-state index is 12.7. The lowest BCUT2D eigenvalue weighted by molar-refractivity contribution is -0.131. The molecule has 134 valence electrons. The molecule has 0 spiro atoms. The molecule has 0 aliphatic carbocycles. The van der Waals surface area contributed by atoms with Crippen molar-refractivity contribution >= 4 is 5.91 Å². The highest BCUT2D eigenvalue weighted by atomic mass is 16.5. The SMILES string of the molecule is CCOc1ccc(CC(=O)N2CCC[C@H](c3nccn3CC)C2)cc1. The van der Waals surface area contributed by atoms with Gasteiger partial charge in [-0.1, -0.05) is 12.1 Å². The zero-order chi connectivity index (χ0) is 17.6. The molecular weight excluding hydrogens is 314 g/mol. The van der Waals surface area contributed by atoms with Gasteiger partial charge in [0.2, 0.25) is 5.91 Å². The Bertz CT molecular complexity index is 693. The fourth-order valence-electron chi connectivity index (χ4n) is 3.52. The highest BCUT2D eigenvalue weighted by Crippen LogP contribution is 2.26. The largest absolute Gasteiger partial charge is 0.494 e. The van der Waals surface area contributed by atoms with Crippen LogP contribution in [0.1, 0.15) is 44.0 Å². The van der Waals surface area contributed by atoms with Crippen LogP contribution in [-0.4, -0.2) is 40.1 Å². The maximum Gasteiger partial charge on any atom is 0.227 e. The summed E-state index contributed by atoms with van der Waals surface area (Å²) >= 11 is 0. The molecule has 1 aliphatic heterocycles. The first-order chi connectivity index (χ1) is 12.2. The van der Waals surface area contributed by atoms with Gasteiger partial charge in [-0.3, -0.25) is 4.79 Å². The number of rotatable bonds is 6. The molecular formula is C20H27N3O2. The van der Waals surface area contributed by atoms with E-state index in [0.717, 1.165) is 49.6 Å². The normalized spacial score (nSPS) is 17.5. The summed E-state index contributed by atoms with van der Waals surface area (Å²) in [6, 6.07) is 7.83. The molecule has 1 amide bonds. The van der Waals surface area contributed by atoms with Gasteiger partial charge in [-0.25, -0.2) is 4.98 Å². The number of carbonyl (C=O) groups excluding carboxylic acids is 1. The van der Waals surface area contributed by atoms with Crippen LogP contribution in [0, 0.1) is 0 Å². The quantitative estimate of drug-likeness (QED) is 0.810. The van der Waals surface area contributed by atoms with Gasteiger partial charge in [0.05, 0.1) is 13.0 Å². The van der Waals surface area contributed by atoms with Crippen LogP contribution < -0.4 is 4.74 Å². The maximum atomic E-state index is 12.7. The van der Waals surface area contributed by atoms with Crippen molar-refractivity contribution in [3.05, 3.63) is 48.0 Å². The summed E-state index contributed by atoms with van der Waals surface area (Å²) in [5.41, 5.74) is 1.03. The van der Waals surface area contributed by atoms with Crippen LogP contribution in [0.15, 0.2) is 36.7 Å². The first-order valence-electron chi connectivity index (χ1n) is 9.21. The first kappa shape index (κ1) is 17.5. The molecule has 1 fully saturated rings. The van der Waals surface area contributed by atoms with Crippen molar-refractivity contribution in [1.29, 1.82) is 0 Å². The molecule has 3 rings (SSSR count). The molecule has 2 aromatic rings. The van der Waals surface area contributed by atoms with E-state index in [0.29, 0.717) is 18.9 Å². The number of piperidine rings is 1. The predicted octanol–water partition coefficient (Wildman–Crippen LogP) is 3.25. The number of nitrogens with zero attached hydrogens (tertiary/aromatic N) is 3. The summed E-state index contributed by atoms with van der Waals surface area (Å²) in [5.74, 6) is 2.50. The molecule has 1 atom stereocenters. The van der Waals surface area contributed by atoms with Crippen molar-refractivity contribution in [1.82, 2.24) is 14.5 Å². The smallest absolute Gasteiger partial charge is 0.227 e. The Morgan fingerprint density at radius 3 is 2.80 bits per heavy atom. The van der Waals surface area contributed by atoms with Crippen molar-refractivity contribution in [2.24, 2.45) is 0 Å². The molecule has 1 aromatic heterocycles. The summed E-state index contributed by atoms with van der Waals surface area (Å²) in [6.45, 7) is 7.29. The van der Waals surface area contributed by atoms with Gasteiger partial charge in [0.1, 0.15) is 11.6 Å². The lowest BCUT2D eigenvalue weighted by atomic mass is 9.96. The second-order valence-electron chi connectivity index (χ2n) is 6.50. The van der Waals surface area contributed by atoms with Crippen LogP contribution in [0.3, 0.4) is 0 Å². The van der Waals surface area contributed by atoms with E-state index in [1.165, 1.54) is 0 Å². The Hall–Kier alpha value is -2.30. The second-order valence-corrected chi connectivity index (χ2v) is 6.50. The topological polar surface area (TPSA) is 47.4 Å². The van der Waals surface area contributed by atoms with Gasteiger partial charge >= 0.3 is 0 Å². The molecule has 2 heterocycles. The Morgan fingerprint density at radius 1 is 1.28 bits per heavy atom. The number of amides is 1. The summed E-state index contributed by atoms with van der Waals surface area (Å²) in [6.07, 6.45) is 6.47. The molecule has 1 aliphatic rings. The number of imidazole rings is 1. The van der Waals surface area contributed by atoms with Gasteiger partial charge in [0.25, 0.3) is 0 Å². The number of ether oxygens (including phenoxy) is 1. The van der Waals surface area contributed by atoms with E-state index in [2.05, 4.69) is 16.5 Å². The Labute approximate surface area is 149 Å². The van der Waals surface area contributed by atoms with Gasteiger partial charge in [0, 0.05) is 37.9 Å². The third-order valence-electron chi connectivity index (χ3n) is 4.82. The molecule has 0 unspecified atom stereocenters. The van der Waals surface area contributed by atoms with Gasteiger partial charge in [-0.15, -0.1) is 0 Å². The van der Waals surface area contributed by atoms with E-state index in [-0.39, 0.29) is 5.91 Å². The highest BCUT2D eigenvalue weighted by Gasteiger charge is 2.27. The molecule has 5 nitrogen and oxygen atoms in total. The van der Waals surface area contributed by atoms with Crippen molar-refractivity contribution in [3.8, 4) is 5.75 Å². The van der Waals surface area contributed by atoms with Crippen LogP contribution in [0.4, 0.5) is 0 Å². The fraction of sp³-hybridized carbons (Fsp3) is 0.500. The van der Waals surface area contributed by atoms with Crippen molar-refractivity contribution in [2.45, 2.75) is 45.6 Å². The van der Waals surface area contributed by atoms with Crippen LogP contribution >= 0.6 is 0 Å². The van der Waals surface area contributed by atoms with E-state index in [4.69, 9.17) is 4.74 Å². The zero-order valence-electron chi connectivity index (χ0n) is 15.1. The second kappa shape index (κ2) is 8.19. The Kier molecular flexibility index (Phi) is 5.74. The minimum absolute atomic E-state index is 0.198. The molecule has 0 N–H and O–H groups in total. The summed E-state index contributed by atoms with van der Waals surface area (Å²) in [7, 11) is 0. The molecule has 5 heteroatoms. The lowest BCUT2D eigenvalue weighted by Gasteiger charge is -2.32. The van der Waals surface area contributed by atoms with Gasteiger partial charge < -0.3 is 14.2 Å². The number of aromatic nitrogens is 2.